The van der Waals surface area contributed by atoms with Crippen LogP contribution in [0.2, 0.25) is 0 Å². The van der Waals surface area contributed by atoms with Gasteiger partial charge in [0.25, 0.3) is 0 Å². The van der Waals surface area contributed by atoms with E-state index in [1.807, 2.05) is 0 Å². The first kappa shape index (κ1) is 10.1. The van der Waals surface area contributed by atoms with Crippen LogP contribution in [-0.2, 0) is 0 Å². The molecule has 0 bridgehead atoms. The van der Waals surface area contributed by atoms with Crippen LogP contribution in [0.5, 0.6) is 0 Å². The number of hydrogen-bond donors (Lipinski definition) is 0. The van der Waals surface area contributed by atoms with E-state index in [9.17, 15) is 0 Å². The Morgan fingerprint density at radius 2 is 1.83 bits per heavy atom. The zero-order valence-corrected chi connectivity index (χ0v) is 9.35. The molecule has 0 amide bonds. The largest absolute Gasteiger partial charge is 0.0654 e. The maximum atomic E-state index is 2.45. The van der Waals surface area contributed by atoms with E-state index in [4.69, 9.17) is 0 Å². The molecule has 0 aromatic rings. The van der Waals surface area contributed by atoms with Crippen molar-refractivity contribution in [3.05, 3.63) is 0 Å². The lowest BCUT2D eigenvalue weighted by molar-refractivity contribution is 0.228. The van der Waals surface area contributed by atoms with E-state index < -0.39 is 0 Å². The van der Waals surface area contributed by atoms with E-state index in [1.165, 1.54) is 19.3 Å². The molecule has 0 heteroatoms. The maximum Gasteiger partial charge on any atom is -0.0323 e. The minimum atomic E-state index is 0.596. The molecule has 72 valence electrons. The smallest absolute Gasteiger partial charge is 0.0323 e. The number of rotatable bonds is 2. The molecule has 1 aliphatic carbocycles. The first-order chi connectivity index (χ1) is 5.49. The van der Waals surface area contributed by atoms with Gasteiger partial charge in [0.15, 0.2) is 0 Å². The fourth-order valence-electron chi connectivity index (χ4n) is 3.11. The van der Waals surface area contributed by atoms with Crippen molar-refractivity contribution >= 4 is 0 Å². The summed E-state index contributed by atoms with van der Waals surface area (Å²) in [6, 6.07) is 0. The molecule has 0 aromatic carbocycles. The van der Waals surface area contributed by atoms with Crippen molar-refractivity contribution in [3.8, 4) is 0 Å². The fraction of sp³-hybridized carbons (Fsp3) is 1.00. The third kappa shape index (κ3) is 1.67. The molecule has 0 radical (unpaired) electrons. The summed E-state index contributed by atoms with van der Waals surface area (Å²) in [6.07, 6.45) is 4.22. The highest BCUT2D eigenvalue weighted by Crippen LogP contribution is 2.50. The number of hydrogen-bond acceptors (Lipinski definition) is 0. The second kappa shape index (κ2) is 3.40. The zero-order valence-electron chi connectivity index (χ0n) is 9.35. The van der Waals surface area contributed by atoms with Crippen molar-refractivity contribution in [2.24, 2.45) is 23.2 Å². The van der Waals surface area contributed by atoms with Crippen molar-refractivity contribution in [3.63, 3.8) is 0 Å². The molecule has 0 saturated heterocycles. The van der Waals surface area contributed by atoms with Gasteiger partial charge in [-0.15, -0.1) is 0 Å². The van der Waals surface area contributed by atoms with Gasteiger partial charge in [-0.2, -0.15) is 0 Å². The molecular formula is C12H24. The molecule has 1 saturated carbocycles. The lowest BCUT2D eigenvalue weighted by Crippen LogP contribution is -2.19. The monoisotopic (exact) mass is 168 g/mol. The highest BCUT2D eigenvalue weighted by Gasteiger charge is 2.42. The average molecular weight is 168 g/mol. The summed E-state index contributed by atoms with van der Waals surface area (Å²) in [4.78, 5) is 0. The Morgan fingerprint density at radius 1 is 1.25 bits per heavy atom. The third-order valence-corrected chi connectivity index (χ3v) is 4.08. The summed E-state index contributed by atoms with van der Waals surface area (Å²) in [5, 5.41) is 0. The molecule has 1 fully saturated rings. The molecule has 1 aliphatic rings. The van der Waals surface area contributed by atoms with Gasteiger partial charge in [-0.25, -0.2) is 0 Å². The Morgan fingerprint density at radius 3 is 2.17 bits per heavy atom. The predicted molar refractivity (Wildman–Crippen MR) is 55.1 cm³/mol. The highest BCUT2D eigenvalue weighted by atomic mass is 14.5. The maximum absolute atomic E-state index is 2.45. The van der Waals surface area contributed by atoms with Gasteiger partial charge < -0.3 is 0 Å². The van der Waals surface area contributed by atoms with Gasteiger partial charge in [0.2, 0.25) is 0 Å². The molecule has 0 N–H and O–H groups in total. The summed E-state index contributed by atoms with van der Waals surface area (Å²) in [5.74, 6) is 2.87. The first-order valence-corrected chi connectivity index (χ1v) is 5.49. The zero-order chi connectivity index (χ0) is 9.35. The minimum Gasteiger partial charge on any atom is -0.0654 e. The van der Waals surface area contributed by atoms with Crippen LogP contribution in [0.15, 0.2) is 0 Å². The van der Waals surface area contributed by atoms with Gasteiger partial charge in [0.1, 0.15) is 0 Å². The van der Waals surface area contributed by atoms with Gasteiger partial charge >= 0.3 is 0 Å². The van der Waals surface area contributed by atoms with Gasteiger partial charge in [-0.3, -0.25) is 0 Å². The second-order valence-corrected chi connectivity index (χ2v) is 5.41. The molecule has 0 aliphatic heterocycles. The van der Waals surface area contributed by atoms with Crippen molar-refractivity contribution in [1.82, 2.24) is 0 Å². The lowest BCUT2D eigenvalue weighted by atomic mass is 9.79. The Labute approximate surface area is 77.7 Å². The Balaban J connectivity index is 2.64. The van der Waals surface area contributed by atoms with Crippen LogP contribution in [0, 0.1) is 23.2 Å². The van der Waals surface area contributed by atoms with Crippen molar-refractivity contribution in [2.45, 2.75) is 53.9 Å². The highest BCUT2D eigenvalue weighted by molar-refractivity contribution is 4.91. The normalized spacial score (nSPS) is 40.2. The summed E-state index contributed by atoms with van der Waals surface area (Å²) < 4.78 is 0. The van der Waals surface area contributed by atoms with Crippen LogP contribution in [0.4, 0.5) is 0 Å². The van der Waals surface area contributed by atoms with E-state index in [1.54, 1.807) is 0 Å². The molecular weight excluding hydrogens is 144 g/mol. The van der Waals surface area contributed by atoms with Crippen LogP contribution in [-0.4, -0.2) is 0 Å². The van der Waals surface area contributed by atoms with Gasteiger partial charge in [0.05, 0.1) is 0 Å². The van der Waals surface area contributed by atoms with Crippen molar-refractivity contribution in [1.29, 1.82) is 0 Å². The SMILES string of the molecule is CCCC1C(C)CC(C)(C)C1C. The predicted octanol–water partition coefficient (Wildman–Crippen LogP) is 4.10. The van der Waals surface area contributed by atoms with Crippen molar-refractivity contribution in [2.75, 3.05) is 0 Å². The lowest BCUT2D eigenvalue weighted by Gasteiger charge is -2.27. The van der Waals surface area contributed by atoms with Gasteiger partial charge in [0, 0.05) is 0 Å². The van der Waals surface area contributed by atoms with E-state index in [2.05, 4.69) is 34.6 Å². The quantitative estimate of drug-likeness (QED) is 0.582. The Bertz CT molecular complexity index is 146. The summed E-state index contributed by atoms with van der Waals surface area (Å²) in [6.45, 7) is 12.1. The van der Waals surface area contributed by atoms with Crippen LogP contribution >= 0.6 is 0 Å². The molecule has 0 nitrogen and oxygen atoms in total. The molecule has 0 heterocycles. The topological polar surface area (TPSA) is 0 Å². The van der Waals surface area contributed by atoms with Gasteiger partial charge in [-0.05, 0) is 29.6 Å². The fourth-order valence-corrected chi connectivity index (χ4v) is 3.11. The molecule has 0 spiro atoms. The molecule has 12 heavy (non-hydrogen) atoms. The van der Waals surface area contributed by atoms with Crippen LogP contribution < -0.4 is 0 Å². The third-order valence-electron chi connectivity index (χ3n) is 4.08. The van der Waals surface area contributed by atoms with E-state index >= 15 is 0 Å². The summed E-state index contributed by atoms with van der Waals surface area (Å²) >= 11 is 0. The molecule has 1 rings (SSSR count). The van der Waals surface area contributed by atoms with E-state index in [-0.39, 0.29) is 0 Å². The van der Waals surface area contributed by atoms with Gasteiger partial charge in [-0.1, -0.05) is 47.5 Å². The Hall–Kier alpha value is 0. The standard InChI is InChI=1S/C12H24/c1-6-7-11-9(2)8-12(4,5)10(11)3/h9-11H,6-8H2,1-5H3. The summed E-state index contributed by atoms with van der Waals surface area (Å²) in [7, 11) is 0. The summed E-state index contributed by atoms with van der Waals surface area (Å²) in [5.41, 5.74) is 0.596. The second-order valence-electron chi connectivity index (χ2n) is 5.41. The van der Waals surface area contributed by atoms with E-state index in [0.717, 1.165) is 17.8 Å². The molecule has 0 aromatic heterocycles. The first-order valence-electron chi connectivity index (χ1n) is 5.49. The van der Waals surface area contributed by atoms with Crippen molar-refractivity contribution < 1.29 is 0 Å². The van der Waals surface area contributed by atoms with E-state index in [0.29, 0.717) is 5.41 Å². The van der Waals surface area contributed by atoms with Crippen LogP contribution in [0.3, 0.4) is 0 Å². The average Bonchev–Trinajstić information content (AvgIpc) is 2.13. The molecule has 3 unspecified atom stereocenters. The van der Waals surface area contributed by atoms with Crippen LogP contribution in [0.25, 0.3) is 0 Å². The molecule has 3 atom stereocenters. The Kier molecular flexibility index (Phi) is 2.85. The minimum absolute atomic E-state index is 0.596. The van der Waals surface area contributed by atoms with Crippen LogP contribution in [0.1, 0.15) is 53.9 Å².